The number of piperazine rings is 1. The number of ether oxygens (including phenoxy) is 2. The number of hydrogen-bond acceptors (Lipinski definition) is 7. The molecule has 0 aliphatic carbocycles. The fourth-order valence-electron chi connectivity index (χ4n) is 4.23. The molecule has 0 radical (unpaired) electrons. The summed E-state index contributed by atoms with van der Waals surface area (Å²) in [6.45, 7) is 8.26. The van der Waals surface area contributed by atoms with Gasteiger partial charge in [-0.25, -0.2) is 4.68 Å². The number of fused-ring (bicyclic) bond motifs is 1. The molecule has 30 heavy (non-hydrogen) atoms. The molecule has 2 aromatic carbocycles. The van der Waals surface area contributed by atoms with E-state index in [9.17, 15) is 0 Å². The Hall–Kier alpha value is -2.97. The second-order valence-electron chi connectivity index (χ2n) is 7.67. The van der Waals surface area contributed by atoms with Crippen LogP contribution in [-0.4, -0.2) is 69.5 Å². The number of tetrazole rings is 1. The van der Waals surface area contributed by atoms with Gasteiger partial charge in [0.15, 0.2) is 17.3 Å². The van der Waals surface area contributed by atoms with Crippen LogP contribution >= 0.6 is 0 Å². The van der Waals surface area contributed by atoms with Crippen molar-refractivity contribution in [2.24, 2.45) is 0 Å². The van der Waals surface area contributed by atoms with Crippen LogP contribution in [0.15, 0.2) is 48.5 Å². The molecular formula is C22H26N6O2. The predicted octanol–water partition coefficient (Wildman–Crippen LogP) is 2.18. The average Bonchev–Trinajstić information content (AvgIpc) is 3.45. The quantitative estimate of drug-likeness (QED) is 0.621. The lowest BCUT2D eigenvalue weighted by atomic mass is 10.0. The maximum absolute atomic E-state index is 5.53. The molecule has 0 spiro atoms. The van der Waals surface area contributed by atoms with E-state index in [2.05, 4.69) is 56.5 Å². The van der Waals surface area contributed by atoms with Crippen LogP contribution in [0.25, 0.3) is 0 Å². The molecule has 8 heteroatoms. The van der Waals surface area contributed by atoms with E-state index in [1.165, 1.54) is 5.56 Å². The zero-order valence-electron chi connectivity index (χ0n) is 17.1. The van der Waals surface area contributed by atoms with Crippen LogP contribution in [0.3, 0.4) is 0 Å². The van der Waals surface area contributed by atoms with Crippen LogP contribution in [0.1, 0.15) is 29.9 Å². The van der Waals surface area contributed by atoms with Crippen LogP contribution in [0, 0.1) is 0 Å². The molecule has 156 valence electrons. The van der Waals surface area contributed by atoms with Crippen molar-refractivity contribution >= 4 is 0 Å². The van der Waals surface area contributed by atoms with Gasteiger partial charge in [0.25, 0.3) is 0 Å². The van der Waals surface area contributed by atoms with Gasteiger partial charge in [-0.2, -0.15) is 0 Å². The van der Waals surface area contributed by atoms with E-state index in [4.69, 9.17) is 9.47 Å². The predicted molar refractivity (Wildman–Crippen MR) is 111 cm³/mol. The van der Waals surface area contributed by atoms with Crippen LogP contribution in [-0.2, 0) is 6.54 Å². The Bertz CT molecular complexity index is 984. The number of rotatable bonds is 6. The first-order valence-corrected chi connectivity index (χ1v) is 10.5. The summed E-state index contributed by atoms with van der Waals surface area (Å²) in [5.41, 5.74) is 2.29. The minimum atomic E-state index is 0.0224. The van der Waals surface area contributed by atoms with Crippen LogP contribution in [0.4, 0.5) is 0 Å². The minimum Gasteiger partial charge on any atom is -0.454 e. The van der Waals surface area contributed by atoms with E-state index in [0.29, 0.717) is 6.54 Å². The van der Waals surface area contributed by atoms with Gasteiger partial charge in [-0.15, -0.1) is 5.10 Å². The van der Waals surface area contributed by atoms with Gasteiger partial charge < -0.3 is 14.4 Å². The molecule has 0 saturated carbocycles. The first-order chi connectivity index (χ1) is 14.8. The second kappa shape index (κ2) is 8.41. The monoisotopic (exact) mass is 406 g/mol. The van der Waals surface area contributed by atoms with Crippen LogP contribution < -0.4 is 9.47 Å². The van der Waals surface area contributed by atoms with Crippen molar-refractivity contribution in [2.75, 3.05) is 39.5 Å². The molecule has 2 aliphatic heterocycles. The number of likely N-dealkylation sites (N-methyl/N-ethyl adjacent to an activating group) is 1. The van der Waals surface area contributed by atoms with Gasteiger partial charge in [0.05, 0.1) is 12.6 Å². The van der Waals surface area contributed by atoms with Gasteiger partial charge in [0, 0.05) is 26.2 Å². The summed E-state index contributed by atoms with van der Waals surface area (Å²) in [6.07, 6.45) is 0. The molecule has 0 N–H and O–H groups in total. The Morgan fingerprint density at radius 2 is 1.77 bits per heavy atom. The average molecular weight is 406 g/mol. The molecule has 1 atom stereocenters. The number of nitrogens with zero attached hydrogens (tertiary/aromatic N) is 6. The number of aromatic nitrogens is 4. The Kier molecular flexibility index (Phi) is 5.33. The van der Waals surface area contributed by atoms with E-state index >= 15 is 0 Å². The Morgan fingerprint density at radius 3 is 2.57 bits per heavy atom. The molecule has 3 heterocycles. The lowest BCUT2D eigenvalue weighted by molar-refractivity contribution is 0.108. The minimum absolute atomic E-state index is 0.0224. The van der Waals surface area contributed by atoms with Crippen LogP contribution in [0.2, 0.25) is 0 Å². The number of hydrogen-bond donors (Lipinski definition) is 0. The van der Waals surface area contributed by atoms with Gasteiger partial charge in [-0.3, -0.25) is 4.90 Å². The Labute approximate surface area is 176 Å². The maximum Gasteiger partial charge on any atom is 0.231 e. The van der Waals surface area contributed by atoms with Crippen molar-refractivity contribution in [1.82, 2.24) is 30.0 Å². The third-order valence-corrected chi connectivity index (χ3v) is 5.91. The van der Waals surface area contributed by atoms with Crippen molar-refractivity contribution in [3.8, 4) is 11.5 Å². The zero-order valence-corrected chi connectivity index (χ0v) is 17.1. The van der Waals surface area contributed by atoms with E-state index < -0.39 is 0 Å². The standard InChI is InChI=1S/C22H26N6O2/c1-2-26-10-12-27(13-11-26)21(18-6-4-3-5-7-18)22-23-24-25-28(22)15-17-8-9-19-20(14-17)30-16-29-19/h3-9,14,21H,2,10-13,15-16H2,1H3/t21-/m0/s1. The summed E-state index contributed by atoms with van der Waals surface area (Å²) in [7, 11) is 0. The smallest absolute Gasteiger partial charge is 0.231 e. The van der Waals surface area contributed by atoms with E-state index in [1.807, 2.05) is 28.9 Å². The Morgan fingerprint density at radius 1 is 0.967 bits per heavy atom. The maximum atomic E-state index is 5.53. The topological polar surface area (TPSA) is 68.5 Å². The van der Waals surface area contributed by atoms with E-state index in [-0.39, 0.29) is 12.8 Å². The van der Waals surface area contributed by atoms with Gasteiger partial charge in [-0.1, -0.05) is 43.3 Å². The molecule has 2 aliphatic rings. The summed E-state index contributed by atoms with van der Waals surface area (Å²) in [6, 6.07) is 16.5. The Balaban J connectivity index is 1.45. The van der Waals surface area contributed by atoms with Crippen molar-refractivity contribution in [2.45, 2.75) is 19.5 Å². The normalized spacial score (nSPS) is 17.9. The van der Waals surface area contributed by atoms with Crippen LogP contribution in [0.5, 0.6) is 11.5 Å². The molecule has 3 aromatic rings. The fourth-order valence-corrected chi connectivity index (χ4v) is 4.23. The molecule has 5 rings (SSSR count). The summed E-state index contributed by atoms with van der Waals surface area (Å²) in [5, 5.41) is 12.8. The molecule has 0 amide bonds. The van der Waals surface area contributed by atoms with Gasteiger partial charge in [-0.05, 0) is 40.2 Å². The highest BCUT2D eigenvalue weighted by atomic mass is 16.7. The molecule has 1 saturated heterocycles. The highest BCUT2D eigenvalue weighted by Crippen LogP contribution is 2.33. The first kappa shape index (κ1) is 19.0. The highest BCUT2D eigenvalue weighted by Gasteiger charge is 2.30. The fraction of sp³-hybridized carbons (Fsp3) is 0.409. The third kappa shape index (κ3) is 3.76. The third-order valence-electron chi connectivity index (χ3n) is 5.91. The van der Waals surface area contributed by atoms with Crippen molar-refractivity contribution in [3.63, 3.8) is 0 Å². The molecule has 1 fully saturated rings. The molecule has 0 unspecified atom stereocenters. The molecule has 1 aromatic heterocycles. The van der Waals surface area contributed by atoms with Crippen molar-refractivity contribution < 1.29 is 9.47 Å². The summed E-state index contributed by atoms with van der Waals surface area (Å²) < 4.78 is 12.9. The van der Waals surface area contributed by atoms with Gasteiger partial charge in [0.1, 0.15) is 0 Å². The zero-order chi connectivity index (χ0) is 20.3. The molecule has 0 bridgehead atoms. The lowest BCUT2D eigenvalue weighted by Gasteiger charge is -2.38. The lowest BCUT2D eigenvalue weighted by Crippen LogP contribution is -2.48. The number of benzene rings is 2. The van der Waals surface area contributed by atoms with Gasteiger partial charge >= 0.3 is 0 Å². The molecular weight excluding hydrogens is 380 g/mol. The molecule has 8 nitrogen and oxygen atoms in total. The van der Waals surface area contributed by atoms with Crippen molar-refractivity contribution in [1.29, 1.82) is 0 Å². The largest absolute Gasteiger partial charge is 0.454 e. The van der Waals surface area contributed by atoms with E-state index in [1.54, 1.807) is 0 Å². The summed E-state index contributed by atoms with van der Waals surface area (Å²) in [4.78, 5) is 4.97. The second-order valence-corrected chi connectivity index (χ2v) is 7.67. The van der Waals surface area contributed by atoms with Gasteiger partial charge in [0.2, 0.25) is 6.79 Å². The summed E-state index contributed by atoms with van der Waals surface area (Å²) in [5.74, 6) is 2.42. The van der Waals surface area contributed by atoms with Crippen molar-refractivity contribution in [3.05, 3.63) is 65.5 Å². The van der Waals surface area contributed by atoms with E-state index in [0.717, 1.165) is 55.6 Å². The highest BCUT2D eigenvalue weighted by molar-refractivity contribution is 5.44. The first-order valence-electron chi connectivity index (χ1n) is 10.5. The SMILES string of the molecule is CCN1CCN([C@@H](c2ccccc2)c2nnnn2Cc2ccc3c(c2)OCO3)CC1. The summed E-state index contributed by atoms with van der Waals surface area (Å²) >= 11 is 0.